The molecule has 0 saturated carbocycles. The molecule has 0 radical (unpaired) electrons. The summed E-state index contributed by atoms with van der Waals surface area (Å²) in [5.74, 6) is -0.788. The van der Waals surface area contributed by atoms with Crippen molar-refractivity contribution in [1.82, 2.24) is 14.9 Å². The lowest BCUT2D eigenvalue weighted by Crippen LogP contribution is -2.29. The average molecular weight is 261 g/mol. The zero-order valence-electron chi connectivity index (χ0n) is 10.1. The van der Waals surface area contributed by atoms with Crippen molar-refractivity contribution in [3.05, 3.63) is 41.5 Å². The van der Waals surface area contributed by atoms with Gasteiger partial charge in [-0.3, -0.25) is 0 Å². The summed E-state index contributed by atoms with van der Waals surface area (Å²) in [7, 11) is 0. The van der Waals surface area contributed by atoms with Crippen LogP contribution in [0.1, 0.15) is 16.2 Å². The number of carbonyl (C=O) groups is 1. The van der Waals surface area contributed by atoms with Crippen LogP contribution in [0, 0.1) is 5.82 Å². The van der Waals surface area contributed by atoms with Crippen molar-refractivity contribution < 1.29 is 14.3 Å². The van der Waals surface area contributed by atoms with Gasteiger partial charge in [0.25, 0.3) is 0 Å². The fourth-order valence-corrected chi connectivity index (χ4v) is 2.29. The summed E-state index contributed by atoms with van der Waals surface area (Å²) in [5.41, 5.74) is 1.45. The van der Waals surface area contributed by atoms with Gasteiger partial charge in [0.2, 0.25) is 0 Å². The summed E-state index contributed by atoms with van der Waals surface area (Å²) >= 11 is 0. The molecule has 19 heavy (non-hydrogen) atoms. The first-order valence-corrected chi connectivity index (χ1v) is 5.96. The number of aromatic carboxylic acids is 1. The van der Waals surface area contributed by atoms with Gasteiger partial charge in [0.15, 0.2) is 5.69 Å². The molecule has 1 aromatic heterocycles. The molecule has 6 heteroatoms. The highest BCUT2D eigenvalue weighted by Crippen LogP contribution is 2.24. The number of imidazole rings is 1. The van der Waals surface area contributed by atoms with Crippen LogP contribution < -0.4 is 5.32 Å². The Hall–Kier alpha value is -2.21. The first-order chi connectivity index (χ1) is 9.16. The molecule has 0 fully saturated rings. The molecule has 2 heterocycles. The molecule has 0 saturated heterocycles. The molecular formula is C13H12FN3O2. The minimum Gasteiger partial charge on any atom is -0.476 e. The predicted molar refractivity (Wildman–Crippen MR) is 66.3 cm³/mol. The summed E-state index contributed by atoms with van der Waals surface area (Å²) in [6.45, 7) is 1.90. The van der Waals surface area contributed by atoms with Crippen molar-refractivity contribution in [2.75, 3.05) is 6.54 Å². The fourth-order valence-electron chi connectivity index (χ4n) is 2.29. The normalized spacial score (nSPS) is 14.2. The number of benzene rings is 1. The first kappa shape index (κ1) is 11.9. The molecule has 5 nitrogen and oxygen atoms in total. The average Bonchev–Trinajstić information content (AvgIpc) is 2.79. The van der Waals surface area contributed by atoms with Crippen LogP contribution in [-0.2, 0) is 13.1 Å². The summed E-state index contributed by atoms with van der Waals surface area (Å²) in [6, 6.07) is 5.91. The van der Waals surface area contributed by atoms with Gasteiger partial charge in [-0.1, -0.05) is 0 Å². The molecule has 1 aliphatic rings. The Bertz CT molecular complexity index is 634. The van der Waals surface area contributed by atoms with Gasteiger partial charge in [0.1, 0.15) is 11.6 Å². The van der Waals surface area contributed by atoms with Gasteiger partial charge in [-0.25, -0.2) is 14.2 Å². The van der Waals surface area contributed by atoms with Gasteiger partial charge >= 0.3 is 5.97 Å². The number of carboxylic acids is 1. The Morgan fingerprint density at radius 2 is 2.11 bits per heavy atom. The third-order valence-corrected chi connectivity index (χ3v) is 3.18. The SMILES string of the molecule is O=C(O)c1nc(-c2ccc(F)cc2)n2c1CNCC2. The van der Waals surface area contributed by atoms with Crippen LogP contribution in [-0.4, -0.2) is 27.2 Å². The lowest BCUT2D eigenvalue weighted by molar-refractivity contribution is 0.0689. The van der Waals surface area contributed by atoms with Gasteiger partial charge in [-0.2, -0.15) is 0 Å². The van der Waals surface area contributed by atoms with Crippen LogP contribution >= 0.6 is 0 Å². The van der Waals surface area contributed by atoms with Gasteiger partial charge in [-0.15, -0.1) is 0 Å². The molecule has 2 N–H and O–H groups in total. The zero-order chi connectivity index (χ0) is 13.4. The van der Waals surface area contributed by atoms with E-state index in [4.69, 9.17) is 0 Å². The maximum atomic E-state index is 12.9. The topological polar surface area (TPSA) is 67.1 Å². The lowest BCUT2D eigenvalue weighted by atomic mass is 10.2. The summed E-state index contributed by atoms with van der Waals surface area (Å²) in [4.78, 5) is 15.4. The molecule has 0 spiro atoms. The fraction of sp³-hybridized carbons (Fsp3) is 0.231. The Labute approximate surface area is 108 Å². The number of hydrogen-bond acceptors (Lipinski definition) is 3. The van der Waals surface area contributed by atoms with E-state index in [-0.39, 0.29) is 11.5 Å². The van der Waals surface area contributed by atoms with E-state index < -0.39 is 5.97 Å². The smallest absolute Gasteiger partial charge is 0.356 e. The lowest BCUT2D eigenvalue weighted by Gasteiger charge is -2.18. The second kappa shape index (κ2) is 4.47. The third-order valence-electron chi connectivity index (χ3n) is 3.18. The van der Waals surface area contributed by atoms with E-state index in [0.717, 1.165) is 12.1 Å². The highest BCUT2D eigenvalue weighted by molar-refractivity contribution is 5.88. The van der Waals surface area contributed by atoms with Crippen LogP contribution in [0.3, 0.4) is 0 Å². The van der Waals surface area contributed by atoms with E-state index in [1.165, 1.54) is 12.1 Å². The van der Waals surface area contributed by atoms with Crippen LogP contribution in [0.4, 0.5) is 4.39 Å². The van der Waals surface area contributed by atoms with Crippen molar-refractivity contribution in [2.45, 2.75) is 13.1 Å². The van der Waals surface area contributed by atoms with E-state index >= 15 is 0 Å². The molecule has 0 atom stereocenters. The van der Waals surface area contributed by atoms with Gasteiger partial charge in [-0.05, 0) is 24.3 Å². The standard InChI is InChI=1S/C13H12FN3O2/c14-9-3-1-8(2-4-9)12-16-11(13(18)19)10-7-15-5-6-17(10)12/h1-4,15H,5-7H2,(H,18,19). The number of rotatable bonds is 2. The highest BCUT2D eigenvalue weighted by atomic mass is 19.1. The Morgan fingerprint density at radius 3 is 2.79 bits per heavy atom. The number of aromatic nitrogens is 2. The quantitative estimate of drug-likeness (QED) is 0.859. The number of fused-ring (bicyclic) bond motifs is 1. The number of halogens is 1. The zero-order valence-corrected chi connectivity index (χ0v) is 10.1. The molecule has 3 rings (SSSR count). The van der Waals surface area contributed by atoms with Gasteiger partial charge in [0, 0.05) is 25.2 Å². The molecule has 0 amide bonds. The molecule has 0 bridgehead atoms. The summed E-state index contributed by atoms with van der Waals surface area (Å²) in [5, 5.41) is 12.3. The molecule has 1 aromatic carbocycles. The van der Waals surface area contributed by atoms with Crippen LogP contribution in [0.5, 0.6) is 0 Å². The van der Waals surface area contributed by atoms with Gasteiger partial charge in [0.05, 0.1) is 5.69 Å². The molecule has 0 aliphatic carbocycles. The van der Waals surface area contributed by atoms with Crippen molar-refractivity contribution in [3.8, 4) is 11.4 Å². The van der Waals surface area contributed by atoms with Crippen LogP contribution in [0.2, 0.25) is 0 Å². The largest absolute Gasteiger partial charge is 0.476 e. The van der Waals surface area contributed by atoms with E-state index in [2.05, 4.69) is 10.3 Å². The molecule has 2 aromatic rings. The van der Waals surface area contributed by atoms with E-state index in [1.807, 2.05) is 4.57 Å². The molecule has 1 aliphatic heterocycles. The van der Waals surface area contributed by atoms with E-state index in [1.54, 1.807) is 12.1 Å². The number of hydrogen-bond donors (Lipinski definition) is 2. The number of nitrogens with zero attached hydrogens (tertiary/aromatic N) is 2. The maximum absolute atomic E-state index is 12.9. The van der Waals surface area contributed by atoms with E-state index in [9.17, 15) is 14.3 Å². The Kier molecular flexibility index (Phi) is 2.79. The second-order valence-electron chi connectivity index (χ2n) is 4.37. The van der Waals surface area contributed by atoms with Crippen LogP contribution in [0.15, 0.2) is 24.3 Å². The van der Waals surface area contributed by atoms with Crippen molar-refractivity contribution >= 4 is 5.97 Å². The van der Waals surface area contributed by atoms with Crippen molar-refractivity contribution in [3.63, 3.8) is 0 Å². The minimum atomic E-state index is -1.04. The second-order valence-corrected chi connectivity index (χ2v) is 4.37. The molecule has 0 unspecified atom stereocenters. The van der Waals surface area contributed by atoms with Crippen molar-refractivity contribution in [1.29, 1.82) is 0 Å². The molecular weight excluding hydrogens is 249 g/mol. The minimum absolute atomic E-state index is 0.0616. The molecule has 98 valence electrons. The monoisotopic (exact) mass is 261 g/mol. The number of carboxylic acid groups (broad SMARTS) is 1. The highest BCUT2D eigenvalue weighted by Gasteiger charge is 2.24. The summed E-state index contributed by atoms with van der Waals surface area (Å²) in [6.07, 6.45) is 0. The predicted octanol–water partition coefficient (Wildman–Crippen LogP) is 1.49. The van der Waals surface area contributed by atoms with Crippen molar-refractivity contribution in [2.24, 2.45) is 0 Å². The Morgan fingerprint density at radius 1 is 1.37 bits per heavy atom. The third kappa shape index (κ3) is 2.00. The Balaban J connectivity index is 2.16. The first-order valence-electron chi connectivity index (χ1n) is 5.96. The van der Waals surface area contributed by atoms with Gasteiger partial charge < -0.3 is 15.0 Å². The van der Waals surface area contributed by atoms with Crippen LogP contribution in [0.25, 0.3) is 11.4 Å². The number of nitrogens with one attached hydrogen (secondary N) is 1. The van der Waals surface area contributed by atoms with E-state index in [0.29, 0.717) is 24.6 Å². The summed E-state index contributed by atoms with van der Waals surface area (Å²) < 4.78 is 14.8. The maximum Gasteiger partial charge on any atom is 0.356 e.